The van der Waals surface area contributed by atoms with E-state index in [1.54, 1.807) is 23.5 Å². The van der Waals surface area contributed by atoms with Crippen LogP contribution in [0.25, 0.3) is 11.3 Å². The monoisotopic (exact) mass is 528 g/mol. The Morgan fingerprint density at radius 2 is 1.55 bits per heavy atom. The molecule has 0 aliphatic carbocycles. The van der Waals surface area contributed by atoms with Crippen LogP contribution in [0.5, 0.6) is 5.75 Å². The van der Waals surface area contributed by atoms with Crippen molar-refractivity contribution in [1.82, 2.24) is 4.98 Å². The molecule has 0 fully saturated rings. The minimum absolute atomic E-state index is 0.294. The van der Waals surface area contributed by atoms with Crippen molar-refractivity contribution in [2.45, 2.75) is 58.6 Å². The number of aromatic carboxylic acids is 1. The molecule has 1 N–H and O–H groups in total. The number of hydrogen-bond acceptors (Lipinski definition) is 5. The van der Waals surface area contributed by atoms with Gasteiger partial charge in [0.25, 0.3) is 0 Å². The second-order valence-electron chi connectivity index (χ2n) is 9.70. The highest BCUT2D eigenvalue weighted by atomic mass is 32.1. The Morgan fingerprint density at radius 1 is 0.921 bits per heavy atom. The van der Waals surface area contributed by atoms with Crippen LogP contribution in [-0.2, 0) is 13.2 Å². The number of carbonyl (C=O) groups is 1. The molecular formula is C32H36N2O3S. The van der Waals surface area contributed by atoms with Gasteiger partial charge in [-0.15, -0.1) is 11.3 Å². The number of carboxylic acids is 1. The van der Waals surface area contributed by atoms with Gasteiger partial charge in [0.15, 0.2) is 5.13 Å². The smallest absolute Gasteiger partial charge is 0.335 e. The van der Waals surface area contributed by atoms with Gasteiger partial charge in [-0.25, -0.2) is 9.78 Å². The summed E-state index contributed by atoms with van der Waals surface area (Å²) in [6, 6.07) is 23.9. The lowest BCUT2D eigenvalue weighted by Gasteiger charge is -2.16. The number of aromatic nitrogens is 1. The summed E-state index contributed by atoms with van der Waals surface area (Å²) in [6.45, 7) is 5.69. The van der Waals surface area contributed by atoms with Crippen molar-refractivity contribution < 1.29 is 14.6 Å². The van der Waals surface area contributed by atoms with Gasteiger partial charge < -0.3 is 14.7 Å². The molecule has 4 aromatic rings. The molecule has 0 radical (unpaired) electrons. The summed E-state index contributed by atoms with van der Waals surface area (Å²) in [6.07, 6.45) is 4.89. The van der Waals surface area contributed by atoms with Gasteiger partial charge in [0.1, 0.15) is 12.4 Å². The fourth-order valence-corrected chi connectivity index (χ4v) is 5.42. The maximum atomic E-state index is 11.1. The Kier molecular flexibility index (Phi) is 9.55. The highest BCUT2D eigenvalue weighted by molar-refractivity contribution is 7.14. The summed E-state index contributed by atoms with van der Waals surface area (Å²) in [5.74, 6) is 0.626. The number of ether oxygens (including phenoxy) is 1. The third-order valence-electron chi connectivity index (χ3n) is 6.72. The number of hydrogen-bond donors (Lipinski definition) is 1. The maximum Gasteiger partial charge on any atom is 0.335 e. The number of benzene rings is 3. The van der Waals surface area contributed by atoms with Crippen molar-refractivity contribution in [2.24, 2.45) is 0 Å². The van der Waals surface area contributed by atoms with Gasteiger partial charge in [-0.1, -0.05) is 75.2 Å². The Labute approximate surface area is 229 Å². The third-order valence-corrected chi connectivity index (χ3v) is 7.68. The highest BCUT2D eigenvalue weighted by Crippen LogP contribution is 2.29. The van der Waals surface area contributed by atoms with Gasteiger partial charge >= 0.3 is 5.97 Å². The van der Waals surface area contributed by atoms with Gasteiger partial charge in [0.2, 0.25) is 0 Å². The van der Waals surface area contributed by atoms with E-state index in [0.717, 1.165) is 33.3 Å². The zero-order valence-electron chi connectivity index (χ0n) is 22.4. The molecular weight excluding hydrogens is 492 g/mol. The summed E-state index contributed by atoms with van der Waals surface area (Å²) in [5, 5.41) is 12.1. The van der Waals surface area contributed by atoms with Crippen molar-refractivity contribution in [2.75, 3.05) is 11.9 Å². The first-order valence-electron chi connectivity index (χ1n) is 13.3. The van der Waals surface area contributed by atoms with Gasteiger partial charge in [-0.2, -0.15) is 0 Å². The maximum absolute atomic E-state index is 11.1. The molecule has 5 nitrogen and oxygen atoms in total. The normalized spacial score (nSPS) is 11.1. The van der Waals surface area contributed by atoms with E-state index in [4.69, 9.17) is 14.8 Å². The predicted octanol–water partition coefficient (Wildman–Crippen LogP) is 8.41. The van der Waals surface area contributed by atoms with Crippen molar-refractivity contribution in [3.8, 4) is 17.0 Å². The molecule has 4 rings (SSSR count). The van der Waals surface area contributed by atoms with E-state index >= 15 is 0 Å². The number of anilines is 1. The molecule has 3 aromatic carbocycles. The van der Waals surface area contributed by atoms with Crippen LogP contribution >= 0.6 is 11.3 Å². The van der Waals surface area contributed by atoms with E-state index in [9.17, 15) is 4.79 Å². The molecule has 198 valence electrons. The molecule has 38 heavy (non-hydrogen) atoms. The number of nitrogens with zero attached hydrogens (tertiary/aromatic N) is 2. The van der Waals surface area contributed by atoms with Crippen molar-refractivity contribution in [3.05, 3.63) is 100 Å². The topological polar surface area (TPSA) is 62.7 Å². The van der Waals surface area contributed by atoms with Crippen LogP contribution in [0.2, 0.25) is 0 Å². The molecule has 0 spiro atoms. The lowest BCUT2D eigenvalue weighted by atomic mass is 9.90. The Hall–Kier alpha value is -3.64. The average Bonchev–Trinajstić information content (AvgIpc) is 3.43. The van der Waals surface area contributed by atoms with Crippen LogP contribution in [0, 0.1) is 0 Å². The first-order chi connectivity index (χ1) is 18.5. The summed E-state index contributed by atoms with van der Waals surface area (Å²) in [5.41, 5.74) is 5.87. The average molecular weight is 529 g/mol. The number of rotatable bonds is 13. The van der Waals surface area contributed by atoms with E-state index in [1.807, 2.05) is 19.2 Å². The highest BCUT2D eigenvalue weighted by Gasteiger charge is 2.12. The third kappa shape index (κ3) is 7.23. The molecule has 0 bridgehead atoms. The van der Waals surface area contributed by atoms with Crippen LogP contribution in [0.4, 0.5) is 5.13 Å². The van der Waals surface area contributed by atoms with Crippen LogP contribution in [0.15, 0.2) is 78.2 Å². The molecule has 0 atom stereocenters. The van der Waals surface area contributed by atoms with Gasteiger partial charge in [0, 0.05) is 24.5 Å². The quantitative estimate of drug-likeness (QED) is 0.189. The Morgan fingerprint density at radius 3 is 2.16 bits per heavy atom. The fourth-order valence-electron chi connectivity index (χ4n) is 4.62. The standard InChI is InChI=1S/C32H36N2O3S/c1-4-6-25(7-5-2)26-16-18-29(19-17-26)37-21-24-10-12-27(13-11-24)30-22-38-32(33-30)34(3)20-23-8-14-28(15-9-23)31(35)36/h8-19,22,25H,4-7,20-21H2,1-3H3,(H,35,36). The molecule has 0 saturated heterocycles. The molecule has 0 aliphatic rings. The van der Waals surface area contributed by atoms with E-state index in [2.05, 4.69) is 72.7 Å². The first kappa shape index (κ1) is 27.4. The van der Waals surface area contributed by atoms with Crippen LogP contribution in [-0.4, -0.2) is 23.1 Å². The van der Waals surface area contributed by atoms with Crippen molar-refractivity contribution in [3.63, 3.8) is 0 Å². The Bertz CT molecular complexity index is 1290. The lowest BCUT2D eigenvalue weighted by molar-refractivity contribution is 0.0697. The predicted molar refractivity (Wildman–Crippen MR) is 156 cm³/mol. The van der Waals surface area contributed by atoms with Crippen molar-refractivity contribution >= 4 is 22.4 Å². The molecule has 0 aliphatic heterocycles. The summed E-state index contributed by atoms with van der Waals surface area (Å²) < 4.78 is 6.05. The zero-order chi connectivity index (χ0) is 26.9. The Balaban J connectivity index is 1.32. The van der Waals surface area contributed by atoms with Gasteiger partial charge in [-0.3, -0.25) is 0 Å². The molecule has 6 heteroatoms. The second kappa shape index (κ2) is 13.2. The molecule has 1 heterocycles. The van der Waals surface area contributed by atoms with E-state index in [1.165, 1.54) is 31.2 Å². The van der Waals surface area contributed by atoms with E-state index in [-0.39, 0.29) is 0 Å². The zero-order valence-corrected chi connectivity index (χ0v) is 23.2. The second-order valence-corrected chi connectivity index (χ2v) is 10.5. The SMILES string of the molecule is CCCC(CCC)c1ccc(OCc2ccc(-c3csc(N(C)Cc4ccc(C(=O)O)cc4)n3)cc2)cc1. The first-order valence-corrected chi connectivity index (χ1v) is 14.2. The number of carboxylic acid groups (broad SMARTS) is 1. The summed E-state index contributed by atoms with van der Waals surface area (Å²) >= 11 is 1.60. The molecule has 0 unspecified atom stereocenters. The van der Waals surface area contributed by atoms with Gasteiger partial charge in [0.05, 0.1) is 11.3 Å². The van der Waals surface area contributed by atoms with Crippen molar-refractivity contribution in [1.29, 1.82) is 0 Å². The van der Waals surface area contributed by atoms with Gasteiger partial charge in [-0.05, 0) is 59.7 Å². The molecule has 1 aromatic heterocycles. The fraction of sp³-hybridized carbons (Fsp3) is 0.312. The van der Waals surface area contributed by atoms with E-state index < -0.39 is 5.97 Å². The largest absolute Gasteiger partial charge is 0.489 e. The number of thiazole rings is 1. The molecule has 0 saturated carbocycles. The molecule has 0 amide bonds. The van der Waals surface area contributed by atoms with Crippen LogP contribution in [0.3, 0.4) is 0 Å². The van der Waals surface area contributed by atoms with Crippen LogP contribution < -0.4 is 9.64 Å². The minimum atomic E-state index is -0.913. The van der Waals surface area contributed by atoms with E-state index in [0.29, 0.717) is 24.6 Å². The minimum Gasteiger partial charge on any atom is -0.489 e. The summed E-state index contributed by atoms with van der Waals surface area (Å²) in [7, 11) is 1.99. The summed E-state index contributed by atoms with van der Waals surface area (Å²) in [4.78, 5) is 17.9. The van der Waals surface area contributed by atoms with Crippen LogP contribution in [0.1, 0.15) is 72.5 Å². The lowest BCUT2D eigenvalue weighted by Crippen LogP contribution is -2.16.